The zero-order valence-electron chi connectivity index (χ0n) is 16.1. The molecule has 1 atom stereocenters. The average Bonchev–Trinajstić information content (AvgIpc) is 2.84. The number of nitrogens with zero attached hydrogens (tertiary/aromatic N) is 3. The van der Waals surface area contributed by atoms with Crippen molar-refractivity contribution < 1.29 is 23.9 Å². The third-order valence-corrected chi connectivity index (χ3v) is 4.95. The van der Waals surface area contributed by atoms with Crippen LogP contribution in [-0.2, 0) is 23.9 Å². The van der Waals surface area contributed by atoms with Crippen LogP contribution in [0.25, 0.3) is 0 Å². The largest absolute Gasteiger partial charge is 0.382 e. The second-order valence-corrected chi connectivity index (χ2v) is 7.15. The highest BCUT2D eigenvalue weighted by Crippen LogP contribution is 2.22. The van der Waals surface area contributed by atoms with Gasteiger partial charge in [0.05, 0.1) is 19.1 Å². The molecule has 8 heteroatoms. The fourth-order valence-electron chi connectivity index (χ4n) is 3.43. The Bertz CT molecular complexity index is 511. The molecule has 0 aromatic rings. The fourth-order valence-corrected chi connectivity index (χ4v) is 3.43. The molecule has 2 fully saturated rings. The van der Waals surface area contributed by atoms with Crippen LogP contribution in [0.4, 0.5) is 0 Å². The Morgan fingerprint density at radius 1 is 1.12 bits per heavy atom. The second kappa shape index (κ2) is 9.87. The molecule has 1 unspecified atom stereocenters. The Balaban J connectivity index is 1.81. The molecule has 0 N–H and O–H groups in total. The lowest BCUT2D eigenvalue weighted by Gasteiger charge is -2.25. The highest BCUT2D eigenvalue weighted by Gasteiger charge is 2.37. The molecule has 2 saturated heterocycles. The van der Waals surface area contributed by atoms with Crippen molar-refractivity contribution in [2.45, 2.75) is 32.7 Å². The van der Waals surface area contributed by atoms with E-state index in [9.17, 15) is 14.4 Å². The third kappa shape index (κ3) is 5.41. The van der Waals surface area contributed by atoms with E-state index in [2.05, 4.69) is 0 Å². The van der Waals surface area contributed by atoms with Crippen LogP contribution < -0.4 is 0 Å². The molecule has 0 radical (unpaired) electrons. The summed E-state index contributed by atoms with van der Waals surface area (Å²) in [7, 11) is 1.59. The number of ether oxygens (including phenoxy) is 2. The first-order valence-electron chi connectivity index (χ1n) is 9.36. The number of likely N-dealkylation sites (tertiary alicyclic amines) is 1. The minimum Gasteiger partial charge on any atom is -0.382 e. The minimum atomic E-state index is -0.260. The molecule has 148 valence electrons. The summed E-state index contributed by atoms with van der Waals surface area (Å²) in [6.07, 6.45) is 1.04. The van der Waals surface area contributed by atoms with E-state index in [1.165, 1.54) is 0 Å². The first-order valence-corrected chi connectivity index (χ1v) is 9.36. The van der Waals surface area contributed by atoms with Gasteiger partial charge in [0, 0.05) is 52.3 Å². The first-order chi connectivity index (χ1) is 12.4. The van der Waals surface area contributed by atoms with Gasteiger partial charge in [0.2, 0.25) is 17.7 Å². The highest BCUT2D eigenvalue weighted by atomic mass is 16.5. The van der Waals surface area contributed by atoms with Gasteiger partial charge in [0.1, 0.15) is 6.61 Å². The van der Waals surface area contributed by atoms with Crippen molar-refractivity contribution in [2.75, 3.05) is 59.7 Å². The Labute approximate surface area is 155 Å². The van der Waals surface area contributed by atoms with Crippen LogP contribution in [0.5, 0.6) is 0 Å². The summed E-state index contributed by atoms with van der Waals surface area (Å²) in [4.78, 5) is 42.4. The van der Waals surface area contributed by atoms with Crippen LogP contribution >= 0.6 is 0 Å². The van der Waals surface area contributed by atoms with Crippen LogP contribution in [0.15, 0.2) is 0 Å². The standard InChI is InChI=1S/C18H31N3O5/c1-14(2)21-12-15(11-16(21)22)18(24)20-6-4-5-19(7-8-20)17(23)13-26-10-9-25-3/h14-15H,4-13H2,1-3H3. The molecule has 0 spiro atoms. The van der Waals surface area contributed by atoms with Gasteiger partial charge in [-0.25, -0.2) is 0 Å². The summed E-state index contributed by atoms with van der Waals surface area (Å²) in [6.45, 7) is 7.59. The van der Waals surface area contributed by atoms with E-state index >= 15 is 0 Å². The summed E-state index contributed by atoms with van der Waals surface area (Å²) >= 11 is 0. The lowest BCUT2D eigenvalue weighted by atomic mass is 10.1. The number of hydrogen-bond donors (Lipinski definition) is 0. The van der Waals surface area contributed by atoms with Crippen LogP contribution in [0.3, 0.4) is 0 Å². The molecule has 0 aromatic carbocycles. The number of carbonyl (C=O) groups is 3. The fraction of sp³-hybridized carbons (Fsp3) is 0.833. The van der Waals surface area contributed by atoms with Gasteiger partial charge in [-0.3, -0.25) is 14.4 Å². The summed E-state index contributed by atoms with van der Waals surface area (Å²) in [5, 5.41) is 0. The predicted molar refractivity (Wildman–Crippen MR) is 95.4 cm³/mol. The minimum absolute atomic E-state index is 0.0344. The maximum Gasteiger partial charge on any atom is 0.248 e. The average molecular weight is 369 g/mol. The molecule has 2 heterocycles. The van der Waals surface area contributed by atoms with Crippen LogP contribution in [0.1, 0.15) is 26.7 Å². The zero-order chi connectivity index (χ0) is 19.1. The third-order valence-electron chi connectivity index (χ3n) is 4.95. The summed E-state index contributed by atoms with van der Waals surface area (Å²) < 4.78 is 10.2. The van der Waals surface area contributed by atoms with Gasteiger partial charge in [-0.2, -0.15) is 0 Å². The van der Waals surface area contributed by atoms with Crippen molar-refractivity contribution in [3.8, 4) is 0 Å². The summed E-state index contributed by atoms with van der Waals surface area (Å²) in [5.74, 6) is -0.229. The molecule has 0 bridgehead atoms. The van der Waals surface area contributed by atoms with Gasteiger partial charge >= 0.3 is 0 Å². The zero-order valence-corrected chi connectivity index (χ0v) is 16.1. The molecule has 3 amide bonds. The van der Waals surface area contributed by atoms with E-state index < -0.39 is 0 Å². The molecule has 2 rings (SSSR count). The Kier molecular flexibility index (Phi) is 7.84. The maximum absolute atomic E-state index is 12.8. The lowest BCUT2D eigenvalue weighted by Crippen LogP contribution is -2.41. The van der Waals surface area contributed by atoms with Gasteiger partial charge in [-0.1, -0.05) is 0 Å². The monoisotopic (exact) mass is 369 g/mol. The van der Waals surface area contributed by atoms with Crippen LogP contribution in [0.2, 0.25) is 0 Å². The number of carbonyl (C=O) groups excluding carboxylic acids is 3. The van der Waals surface area contributed by atoms with E-state index in [0.717, 1.165) is 6.42 Å². The molecule has 8 nitrogen and oxygen atoms in total. The quantitative estimate of drug-likeness (QED) is 0.589. The maximum atomic E-state index is 12.8. The molecule has 2 aliphatic rings. The van der Waals surface area contributed by atoms with Gasteiger partial charge in [-0.05, 0) is 20.3 Å². The van der Waals surface area contributed by atoms with Crippen molar-refractivity contribution in [1.82, 2.24) is 14.7 Å². The van der Waals surface area contributed by atoms with E-state index in [0.29, 0.717) is 52.4 Å². The van der Waals surface area contributed by atoms with E-state index in [-0.39, 0.29) is 36.3 Å². The van der Waals surface area contributed by atoms with E-state index in [4.69, 9.17) is 9.47 Å². The van der Waals surface area contributed by atoms with Crippen molar-refractivity contribution in [3.05, 3.63) is 0 Å². The molecule has 0 aromatic heterocycles. The van der Waals surface area contributed by atoms with E-state index in [1.807, 2.05) is 13.8 Å². The second-order valence-electron chi connectivity index (χ2n) is 7.15. The van der Waals surface area contributed by atoms with Crippen LogP contribution in [0, 0.1) is 5.92 Å². The normalized spacial score (nSPS) is 21.5. The molecule has 26 heavy (non-hydrogen) atoms. The molecular formula is C18H31N3O5. The highest BCUT2D eigenvalue weighted by molar-refractivity contribution is 5.89. The number of amides is 3. The molecule has 0 saturated carbocycles. The van der Waals surface area contributed by atoms with Crippen molar-refractivity contribution >= 4 is 17.7 Å². The van der Waals surface area contributed by atoms with Gasteiger partial charge in [0.15, 0.2) is 0 Å². The lowest BCUT2D eigenvalue weighted by molar-refractivity contribution is -0.138. The van der Waals surface area contributed by atoms with Crippen molar-refractivity contribution in [3.63, 3.8) is 0 Å². The summed E-state index contributed by atoms with van der Waals surface area (Å²) in [6, 6.07) is 0.121. The van der Waals surface area contributed by atoms with Crippen LogP contribution in [-0.4, -0.2) is 98.1 Å². The van der Waals surface area contributed by atoms with Crippen molar-refractivity contribution in [1.29, 1.82) is 0 Å². The predicted octanol–water partition coefficient (Wildman–Crippen LogP) is -0.0328. The number of rotatable bonds is 7. The van der Waals surface area contributed by atoms with Gasteiger partial charge in [0.25, 0.3) is 0 Å². The summed E-state index contributed by atoms with van der Waals surface area (Å²) in [5.41, 5.74) is 0. The first kappa shape index (κ1) is 20.6. The number of methoxy groups -OCH3 is 1. The van der Waals surface area contributed by atoms with Gasteiger partial charge in [-0.15, -0.1) is 0 Å². The van der Waals surface area contributed by atoms with Crippen molar-refractivity contribution in [2.24, 2.45) is 5.92 Å². The SMILES string of the molecule is COCCOCC(=O)N1CCCN(C(=O)C2CC(=O)N(C(C)C)C2)CC1. The molecule has 0 aliphatic carbocycles. The topological polar surface area (TPSA) is 79.4 Å². The number of hydrogen-bond acceptors (Lipinski definition) is 5. The Morgan fingerprint density at radius 2 is 1.81 bits per heavy atom. The molecule has 2 aliphatic heterocycles. The molecular weight excluding hydrogens is 338 g/mol. The smallest absolute Gasteiger partial charge is 0.248 e. The Hall–Kier alpha value is -1.67. The van der Waals surface area contributed by atoms with Gasteiger partial charge < -0.3 is 24.2 Å². The Morgan fingerprint density at radius 3 is 2.46 bits per heavy atom. The van der Waals surface area contributed by atoms with E-state index in [1.54, 1.807) is 21.8 Å².